The number of ether oxygens (including phenoxy) is 1. The molecule has 2 nitrogen and oxygen atoms in total. The topological polar surface area (TPSA) is 21.3 Å². The maximum atomic E-state index is 12.9. The van der Waals surface area contributed by atoms with E-state index in [0.717, 1.165) is 11.3 Å². The van der Waals surface area contributed by atoms with E-state index in [1.807, 2.05) is 18.2 Å². The van der Waals surface area contributed by atoms with E-state index >= 15 is 0 Å². The second-order valence-electron chi connectivity index (χ2n) is 5.68. The molecule has 3 rings (SSSR count). The van der Waals surface area contributed by atoms with Crippen LogP contribution in [-0.4, -0.2) is 5.60 Å². The maximum Gasteiger partial charge on any atom is 0.125 e. The molecule has 2 aromatic rings. The predicted octanol–water partition coefficient (Wildman–Crippen LogP) is 3.83. The molecule has 104 valence electrons. The molecule has 0 aromatic heterocycles. The summed E-state index contributed by atoms with van der Waals surface area (Å²) in [5, 5.41) is 3.52. The van der Waals surface area contributed by atoms with Crippen LogP contribution in [0.15, 0.2) is 48.5 Å². The third kappa shape index (κ3) is 2.41. The lowest BCUT2D eigenvalue weighted by atomic mass is 9.94. The summed E-state index contributed by atoms with van der Waals surface area (Å²) in [5.74, 6) is 0.734. The largest absolute Gasteiger partial charge is 0.486 e. The van der Waals surface area contributed by atoms with E-state index in [0.29, 0.717) is 6.54 Å². The number of rotatable bonds is 3. The zero-order valence-corrected chi connectivity index (χ0v) is 11.7. The minimum atomic E-state index is -0.288. The quantitative estimate of drug-likeness (QED) is 0.916. The molecule has 0 saturated carbocycles. The van der Waals surface area contributed by atoms with Crippen molar-refractivity contribution in [1.82, 2.24) is 5.32 Å². The molecule has 1 heterocycles. The molecule has 1 aliphatic rings. The molecule has 0 amide bonds. The van der Waals surface area contributed by atoms with Gasteiger partial charge in [0.05, 0.1) is 6.04 Å². The van der Waals surface area contributed by atoms with Gasteiger partial charge < -0.3 is 10.1 Å². The summed E-state index contributed by atoms with van der Waals surface area (Å²) in [6.45, 7) is 4.84. The summed E-state index contributed by atoms with van der Waals surface area (Å²) in [7, 11) is 0. The Balaban J connectivity index is 1.78. The number of halogens is 1. The Morgan fingerprint density at radius 2 is 1.80 bits per heavy atom. The fraction of sp³-hybridized carbons (Fsp3) is 0.294. The van der Waals surface area contributed by atoms with Crippen molar-refractivity contribution in [2.75, 3.05) is 0 Å². The van der Waals surface area contributed by atoms with E-state index in [1.165, 1.54) is 17.7 Å². The van der Waals surface area contributed by atoms with E-state index in [4.69, 9.17) is 4.74 Å². The molecular weight excluding hydrogens is 253 g/mol. The van der Waals surface area contributed by atoms with E-state index in [2.05, 4.69) is 25.2 Å². The van der Waals surface area contributed by atoms with E-state index in [1.54, 1.807) is 12.1 Å². The minimum absolute atomic E-state index is 0.128. The Bertz CT molecular complexity index is 607. The van der Waals surface area contributed by atoms with E-state index in [-0.39, 0.29) is 17.5 Å². The van der Waals surface area contributed by atoms with Crippen LogP contribution in [0.1, 0.15) is 31.0 Å². The molecule has 0 aliphatic carbocycles. The molecule has 0 fully saturated rings. The molecule has 2 aromatic carbocycles. The Labute approximate surface area is 118 Å². The first kappa shape index (κ1) is 13.1. The van der Waals surface area contributed by atoms with Crippen LogP contribution < -0.4 is 10.1 Å². The van der Waals surface area contributed by atoms with Gasteiger partial charge in [0.2, 0.25) is 0 Å². The molecule has 0 bridgehead atoms. The fourth-order valence-electron chi connectivity index (χ4n) is 2.71. The highest BCUT2D eigenvalue weighted by molar-refractivity contribution is 5.42. The van der Waals surface area contributed by atoms with Crippen molar-refractivity contribution < 1.29 is 9.13 Å². The first-order chi connectivity index (χ1) is 9.56. The summed E-state index contributed by atoms with van der Waals surface area (Å²) in [6, 6.07) is 14.8. The van der Waals surface area contributed by atoms with Crippen molar-refractivity contribution in [2.24, 2.45) is 0 Å². The minimum Gasteiger partial charge on any atom is -0.486 e. The summed E-state index contributed by atoms with van der Waals surface area (Å²) in [6.07, 6.45) is 0. The number of para-hydroxylation sites is 1. The van der Waals surface area contributed by atoms with Crippen LogP contribution in [0.2, 0.25) is 0 Å². The van der Waals surface area contributed by atoms with Crippen LogP contribution in [0.4, 0.5) is 4.39 Å². The van der Waals surface area contributed by atoms with Gasteiger partial charge in [-0.3, -0.25) is 0 Å². The normalized spacial score (nSPS) is 19.4. The van der Waals surface area contributed by atoms with Gasteiger partial charge in [-0.2, -0.15) is 0 Å². The van der Waals surface area contributed by atoms with Crippen molar-refractivity contribution in [3.8, 4) is 5.75 Å². The summed E-state index contributed by atoms with van der Waals surface area (Å²) < 4.78 is 18.9. The second-order valence-corrected chi connectivity index (χ2v) is 5.68. The molecule has 1 aliphatic heterocycles. The average Bonchev–Trinajstić information content (AvgIpc) is 2.68. The van der Waals surface area contributed by atoms with Gasteiger partial charge >= 0.3 is 0 Å². The molecule has 20 heavy (non-hydrogen) atoms. The van der Waals surface area contributed by atoms with Crippen molar-refractivity contribution in [2.45, 2.75) is 32.0 Å². The monoisotopic (exact) mass is 271 g/mol. The highest BCUT2D eigenvalue weighted by Gasteiger charge is 2.40. The first-order valence-electron chi connectivity index (χ1n) is 6.82. The van der Waals surface area contributed by atoms with Gasteiger partial charge in [0.15, 0.2) is 0 Å². The zero-order chi connectivity index (χ0) is 14.2. The van der Waals surface area contributed by atoms with Crippen LogP contribution in [0.25, 0.3) is 0 Å². The molecule has 1 unspecified atom stereocenters. The average molecular weight is 271 g/mol. The molecule has 1 N–H and O–H groups in total. The highest BCUT2D eigenvalue weighted by Crippen LogP contribution is 2.42. The van der Waals surface area contributed by atoms with Crippen LogP contribution in [0.3, 0.4) is 0 Å². The SMILES string of the molecule is CC1(C)Oc2ccccc2C1NCc1ccc(F)cc1. The van der Waals surface area contributed by atoms with Crippen molar-refractivity contribution >= 4 is 0 Å². The van der Waals surface area contributed by atoms with Gasteiger partial charge in [0, 0.05) is 12.1 Å². The van der Waals surface area contributed by atoms with Gasteiger partial charge in [-0.1, -0.05) is 30.3 Å². The lowest BCUT2D eigenvalue weighted by molar-refractivity contribution is 0.0958. The molecular formula is C17H18FNO. The fourth-order valence-corrected chi connectivity index (χ4v) is 2.71. The Hall–Kier alpha value is -1.87. The predicted molar refractivity (Wildman–Crippen MR) is 77.1 cm³/mol. The van der Waals surface area contributed by atoms with E-state index < -0.39 is 0 Å². The van der Waals surface area contributed by atoms with Crippen molar-refractivity contribution in [1.29, 1.82) is 0 Å². The van der Waals surface area contributed by atoms with E-state index in [9.17, 15) is 4.39 Å². The molecule has 1 atom stereocenters. The van der Waals surface area contributed by atoms with Gasteiger partial charge in [0.25, 0.3) is 0 Å². The number of hydrogen-bond acceptors (Lipinski definition) is 2. The number of hydrogen-bond donors (Lipinski definition) is 1. The molecule has 0 spiro atoms. The van der Waals surface area contributed by atoms with Crippen LogP contribution in [-0.2, 0) is 6.54 Å². The Morgan fingerprint density at radius 1 is 1.10 bits per heavy atom. The third-order valence-corrected chi connectivity index (χ3v) is 3.72. The van der Waals surface area contributed by atoms with Crippen LogP contribution in [0, 0.1) is 5.82 Å². The lowest BCUT2D eigenvalue weighted by Crippen LogP contribution is -2.38. The van der Waals surface area contributed by atoms with Gasteiger partial charge in [0.1, 0.15) is 17.2 Å². The van der Waals surface area contributed by atoms with Crippen LogP contribution in [0.5, 0.6) is 5.75 Å². The smallest absolute Gasteiger partial charge is 0.125 e. The molecule has 3 heteroatoms. The maximum absolute atomic E-state index is 12.9. The first-order valence-corrected chi connectivity index (χ1v) is 6.82. The standard InChI is InChI=1S/C17H18FNO/c1-17(2)16(14-5-3-4-6-15(14)20-17)19-11-12-7-9-13(18)10-8-12/h3-10,16,19H,11H2,1-2H3. The van der Waals surface area contributed by atoms with Gasteiger partial charge in [-0.15, -0.1) is 0 Å². The highest BCUT2D eigenvalue weighted by atomic mass is 19.1. The Kier molecular flexibility index (Phi) is 3.22. The zero-order valence-electron chi connectivity index (χ0n) is 11.7. The molecule has 0 saturated heterocycles. The van der Waals surface area contributed by atoms with Gasteiger partial charge in [-0.05, 0) is 37.6 Å². The molecule has 0 radical (unpaired) electrons. The second kappa shape index (κ2) is 4.91. The van der Waals surface area contributed by atoms with Crippen LogP contribution >= 0.6 is 0 Å². The van der Waals surface area contributed by atoms with Crippen molar-refractivity contribution in [3.63, 3.8) is 0 Å². The third-order valence-electron chi connectivity index (χ3n) is 3.72. The summed E-state index contributed by atoms with van der Waals surface area (Å²) >= 11 is 0. The summed E-state index contributed by atoms with van der Waals surface area (Å²) in [4.78, 5) is 0. The lowest BCUT2D eigenvalue weighted by Gasteiger charge is -2.27. The number of fused-ring (bicyclic) bond motifs is 1. The van der Waals surface area contributed by atoms with Gasteiger partial charge in [-0.25, -0.2) is 4.39 Å². The Morgan fingerprint density at radius 3 is 2.55 bits per heavy atom. The van der Waals surface area contributed by atoms with Crippen molar-refractivity contribution in [3.05, 3.63) is 65.5 Å². The number of nitrogens with one attached hydrogen (secondary N) is 1. The number of benzene rings is 2. The summed E-state index contributed by atoms with van der Waals surface area (Å²) in [5.41, 5.74) is 1.95.